The Bertz CT molecular complexity index is 402. The molecule has 6 heteroatoms. The molecule has 1 aromatic heterocycles. The molecule has 0 aliphatic rings. The SMILES string of the molecule is CCCNc1nc(CCOCCOC)nc(CC)c1Br. The summed E-state index contributed by atoms with van der Waals surface area (Å²) in [6.45, 7) is 6.96. The summed E-state index contributed by atoms with van der Waals surface area (Å²) in [5.41, 5.74) is 1.03. The number of aryl methyl sites for hydroxylation is 1. The lowest BCUT2D eigenvalue weighted by atomic mass is 10.3. The second-order valence-electron chi connectivity index (χ2n) is 4.38. The van der Waals surface area contributed by atoms with E-state index in [-0.39, 0.29) is 0 Å². The highest BCUT2D eigenvalue weighted by Crippen LogP contribution is 2.24. The summed E-state index contributed by atoms with van der Waals surface area (Å²) in [5.74, 6) is 1.70. The van der Waals surface area contributed by atoms with Crippen molar-refractivity contribution >= 4 is 21.7 Å². The van der Waals surface area contributed by atoms with Gasteiger partial charge in [-0.15, -0.1) is 0 Å². The minimum Gasteiger partial charge on any atom is -0.382 e. The van der Waals surface area contributed by atoms with E-state index >= 15 is 0 Å². The van der Waals surface area contributed by atoms with Crippen LogP contribution in [0.2, 0.25) is 0 Å². The van der Waals surface area contributed by atoms with Crippen molar-refractivity contribution in [3.63, 3.8) is 0 Å². The second kappa shape index (κ2) is 10.1. The quantitative estimate of drug-likeness (QED) is 0.660. The minimum absolute atomic E-state index is 0.606. The topological polar surface area (TPSA) is 56.3 Å². The van der Waals surface area contributed by atoms with Gasteiger partial charge in [-0.25, -0.2) is 9.97 Å². The van der Waals surface area contributed by atoms with Gasteiger partial charge in [-0.05, 0) is 28.8 Å². The molecule has 0 fully saturated rings. The number of rotatable bonds is 10. The molecule has 0 radical (unpaired) electrons. The summed E-state index contributed by atoms with van der Waals surface area (Å²) in [6.07, 6.45) is 2.65. The molecule has 5 nitrogen and oxygen atoms in total. The zero-order chi connectivity index (χ0) is 14.8. The van der Waals surface area contributed by atoms with E-state index in [4.69, 9.17) is 9.47 Å². The van der Waals surface area contributed by atoms with Crippen molar-refractivity contribution in [2.24, 2.45) is 0 Å². The first-order valence-corrected chi connectivity index (χ1v) is 7.88. The predicted molar refractivity (Wildman–Crippen MR) is 84.3 cm³/mol. The molecule has 0 aromatic carbocycles. The van der Waals surface area contributed by atoms with Gasteiger partial charge >= 0.3 is 0 Å². The highest BCUT2D eigenvalue weighted by Gasteiger charge is 2.10. The molecule has 20 heavy (non-hydrogen) atoms. The van der Waals surface area contributed by atoms with Crippen molar-refractivity contribution in [3.05, 3.63) is 16.0 Å². The molecular formula is C14H24BrN3O2. The standard InChI is InChI=1S/C14H24BrN3O2/c1-4-7-16-14-13(15)11(5-2)17-12(18-14)6-8-20-10-9-19-3/h4-10H2,1-3H3,(H,16,17,18). The Hall–Kier alpha value is -0.720. The smallest absolute Gasteiger partial charge is 0.144 e. The molecular weight excluding hydrogens is 322 g/mol. The molecule has 0 atom stereocenters. The van der Waals surface area contributed by atoms with E-state index in [9.17, 15) is 0 Å². The third-order valence-electron chi connectivity index (χ3n) is 2.75. The third kappa shape index (κ3) is 5.73. The Labute approximate surface area is 129 Å². The first-order chi connectivity index (χ1) is 9.72. The molecule has 0 saturated heterocycles. The van der Waals surface area contributed by atoms with Crippen LogP contribution >= 0.6 is 15.9 Å². The summed E-state index contributed by atoms with van der Waals surface area (Å²) < 4.78 is 11.4. The fraction of sp³-hybridized carbons (Fsp3) is 0.714. The molecule has 1 rings (SSSR count). The normalized spacial score (nSPS) is 10.8. The van der Waals surface area contributed by atoms with Gasteiger partial charge in [0.05, 0.1) is 30.0 Å². The van der Waals surface area contributed by atoms with E-state index in [2.05, 4.69) is 45.1 Å². The van der Waals surface area contributed by atoms with Crippen LogP contribution in [0.1, 0.15) is 31.8 Å². The van der Waals surface area contributed by atoms with Crippen LogP contribution in [0, 0.1) is 0 Å². The van der Waals surface area contributed by atoms with Gasteiger partial charge in [0.2, 0.25) is 0 Å². The van der Waals surface area contributed by atoms with Gasteiger partial charge < -0.3 is 14.8 Å². The number of hydrogen-bond donors (Lipinski definition) is 1. The fourth-order valence-corrected chi connectivity index (χ4v) is 2.26. The van der Waals surface area contributed by atoms with Gasteiger partial charge in [0.1, 0.15) is 11.6 Å². The summed E-state index contributed by atoms with van der Waals surface area (Å²) in [4.78, 5) is 9.12. The number of nitrogens with one attached hydrogen (secondary N) is 1. The van der Waals surface area contributed by atoms with Crippen LogP contribution in [-0.2, 0) is 22.3 Å². The summed E-state index contributed by atoms with van der Waals surface area (Å²) >= 11 is 3.57. The first-order valence-electron chi connectivity index (χ1n) is 7.08. The highest BCUT2D eigenvalue weighted by molar-refractivity contribution is 9.10. The van der Waals surface area contributed by atoms with Crippen LogP contribution < -0.4 is 5.32 Å². The maximum absolute atomic E-state index is 5.47. The molecule has 1 N–H and O–H groups in total. The minimum atomic E-state index is 0.606. The first kappa shape index (κ1) is 17.3. The molecule has 0 aliphatic carbocycles. The zero-order valence-electron chi connectivity index (χ0n) is 12.5. The molecule has 1 aromatic rings. The Morgan fingerprint density at radius 1 is 1.15 bits per heavy atom. The monoisotopic (exact) mass is 345 g/mol. The number of methoxy groups -OCH3 is 1. The lowest BCUT2D eigenvalue weighted by molar-refractivity contribution is 0.0716. The molecule has 0 aliphatic heterocycles. The molecule has 0 bridgehead atoms. The number of nitrogens with zero attached hydrogens (tertiary/aromatic N) is 2. The maximum atomic E-state index is 5.47. The average molecular weight is 346 g/mol. The van der Waals surface area contributed by atoms with Crippen LogP contribution in [0.25, 0.3) is 0 Å². The van der Waals surface area contributed by atoms with Crippen molar-refractivity contribution < 1.29 is 9.47 Å². The Morgan fingerprint density at radius 3 is 2.60 bits per heavy atom. The van der Waals surface area contributed by atoms with E-state index < -0.39 is 0 Å². The summed E-state index contributed by atoms with van der Waals surface area (Å²) in [6, 6.07) is 0. The number of halogens is 1. The zero-order valence-corrected chi connectivity index (χ0v) is 14.1. The molecule has 0 unspecified atom stereocenters. The Kier molecular flexibility index (Phi) is 8.73. The highest BCUT2D eigenvalue weighted by atomic mass is 79.9. The van der Waals surface area contributed by atoms with Crippen molar-refractivity contribution in [2.75, 3.05) is 38.8 Å². The molecule has 0 saturated carbocycles. The van der Waals surface area contributed by atoms with Crippen molar-refractivity contribution in [1.82, 2.24) is 9.97 Å². The summed E-state index contributed by atoms with van der Waals surface area (Å²) in [7, 11) is 1.67. The van der Waals surface area contributed by atoms with Gasteiger partial charge in [-0.3, -0.25) is 0 Å². The van der Waals surface area contributed by atoms with Gasteiger partial charge in [0.15, 0.2) is 0 Å². The summed E-state index contributed by atoms with van der Waals surface area (Å²) in [5, 5.41) is 3.33. The second-order valence-corrected chi connectivity index (χ2v) is 5.18. The van der Waals surface area contributed by atoms with E-state index in [0.29, 0.717) is 26.2 Å². The van der Waals surface area contributed by atoms with E-state index in [1.807, 2.05) is 0 Å². The van der Waals surface area contributed by atoms with Crippen LogP contribution in [0.5, 0.6) is 0 Å². The van der Waals surface area contributed by atoms with E-state index in [1.165, 1.54) is 0 Å². The number of hydrogen-bond acceptors (Lipinski definition) is 5. The lowest BCUT2D eigenvalue weighted by Crippen LogP contribution is -2.11. The van der Waals surface area contributed by atoms with Gasteiger partial charge in [-0.2, -0.15) is 0 Å². The number of aromatic nitrogens is 2. The maximum Gasteiger partial charge on any atom is 0.144 e. The average Bonchev–Trinajstić information content (AvgIpc) is 2.47. The Morgan fingerprint density at radius 2 is 1.95 bits per heavy atom. The van der Waals surface area contributed by atoms with Crippen LogP contribution in [0.4, 0.5) is 5.82 Å². The largest absolute Gasteiger partial charge is 0.382 e. The van der Waals surface area contributed by atoms with Crippen molar-refractivity contribution in [2.45, 2.75) is 33.1 Å². The van der Waals surface area contributed by atoms with Crippen molar-refractivity contribution in [3.8, 4) is 0 Å². The number of anilines is 1. The van der Waals surface area contributed by atoms with E-state index in [0.717, 1.165) is 41.2 Å². The fourth-order valence-electron chi connectivity index (χ4n) is 1.66. The molecule has 0 amide bonds. The van der Waals surface area contributed by atoms with Gasteiger partial charge in [-0.1, -0.05) is 13.8 Å². The molecule has 114 valence electrons. The lowest BCUT2D eigenvalue weighted by Gasteiger charge is -2.12. The van der Waals surface area contributed by atoms with E-state index in [1.54, 1.807) is 7.11 Å². The number of ether oxygens (including phenoxy) is 2. The van der Waals surface area contributed by atoms with Crippen LogP contribution in [-0.4, -0.2) is 43.4 Å². The van der Waals surface area contributed by atoms with Crippen LogP contribution in [0.15, 0.2) is 4.47 Å². The molecule has 1 heterocycles. The predicted octanol–water partition coefficient (Wildman–Crippen LogP) is 2.83. The van der Waals surface area contributed by atoms with Crippen molar-refractivity contribution in [1.29, 1.82) is 0 Å². The van der Waals surface area contributed by atoms with Crippen LogP contribution in [0.3, 0.4) is 0 Å². The van der Waals surface area contributed by atoms with Gasteiger partial charge in [0, 0.05) is 20.1 Å². The van der Waals surface area contributed by atoms with Gasteiger partial charge in [0.25, 0.3) is 0 Å². The molecule has 0 spiro atoms. The third-order valence-corrected chi connectivity index (χ3v) is 3.58. The Balaban J connectivity index is 2.65.